The largest absolute Gasteiger partial charge is 0 e. The minimum absolute atomic E-state index is 0. The molecule has 0 aromatic heterocycles. The van der Waals surface area contributed by atoms with Gasteiger partial charge in [0.05, 0.1) is 0 Å². The standard InChI is InChI=1S/CO.CH2S.8CH4.O2.2H2O.4H2/c2*1-2;;;;;;;;;1-2;;;;;;/h;1H2;8*1H4;;2*1H2;4*1H. The van der Waals surface area contributed by atoms with Crippen LogP contribution < -0.4 is 0 Å². The summed E-state index contributed by atoms with van der Waals surface area (Å²) in [5.74, 6) is 2.83. The molecule has 16 heavy (non-hydrogen) atoms. The van der Waals surface area contributed by atoms with Crippen molar-refractivity contribution in [1.82, 2.24) is 0 Å². The zero-order chi connectivity index (χ0) is 6.00. The first-order chi connectivity index (χ1) is 3.00. The van der Waals surface area contributed by atoms with Gasteiger partial charge in [-0.3, -0.25) is 0 Å². The van der Waals surface area contributed by atoms with Gasteiger partial charge in [-0.05, 0) is 5.87 Å². The first-order valence-corrected chi connectivity index (χ1v) is 1.24. The Morgan fingerprint density at radius 2 is 0.688 bits per heavy atom. The summed E-state index contributed by atoms with van der Waals surface area (Å²) < 4.78 is 7.50. The summed E-state index contributed by atoms with van der Waals surface area (Å²) in [7, 11) is 0. The van der Waals surface area contributed by atoms with Crippen LogP contribution in [0.15, 0.2) is 0 Å². The molecule has 0 amide bonds. The summed E-state index contributed by atoms with van der Waals surface area (Å²) >= 11 is 3.83. The predicted octanol–water partition coefficient (Wildman–Crippen LogP) is 5.07. The number of hydrogen-bond acceptors (Lipinski definition) is 3. The molecule has 0 saturated heterocycles. The van der Waals surface area contributed by atoms with Crippen molar-refractivity contribution in [2.45, 2.75) is 59.4 Å². The zero-order valence-electron chi connectivity index (χ0n) is 3.84. The molecule has 0 bridgehead atoms. The maximum Gasteiger partial charge on any atom is 0 e. The SMILES string of the molecule is C.C.C.C.C.C.C.C.C=S.O.O.O=O.[C-]#[O+].[HH].[HH].[HH].[HH]. The monoisotopic (exact) mass is 278 g/mol. The number of rotatable bonds is 0. The van der Waals surface area contributed by atoms with Gasteiger partial charge >= 0.3 is 11.3 Å². The van der Waals surface area contributed by atoms with Crippen molar-refractivity contribution in [1.29, 1.82) is 0 Å². The van der Waals surface area contributed by atoms with Gasteiger partial charge in [-0.1, -0.05) is 71.6 Å². The number of thiocarbonyl (C=S) groups is 1. The normalized spacial score (nSPS) is 0.625. The van der Waals surface area contributed by atoms with E-state index in [2.05, 4.69) is 24.7 Å². The van der Waals surface area contributed by atoms with Gasteiger partial charge in [0.15, 0.2) is 0 Å². The van der Waals surface area contributed by atoms with E-state index in [4.69, 9.17) is 14.6 Å². The first kappa shape index (κ1) is 572. The van der Waals surface area contributed by atoms with Crippen LogP contribution in [-0.2, 0) is 4.65 Å². The zero-order valence-corrected chi connectivity index (χ0v) is 4.66. The molecule has 0 aliphatic heterocycles. The molecule has 0 saturated carbocycles. The van der Waals surface area contributed by atoms with Crippen molar-refractivity contribution >= 4 is 18.1 Å². The van der Waals surface area contributed by atoms with Crippen LogP contribution in [0.5, 0.6) is 0 Å². The summed E-state index contributed by atoms with van der Waals surface area (Å²) in [5, 5.41) is 0. The Hall–Kier alpha value is -0.650. The van der Waals surface area contributed by atoms with Gasteiger partial charge in [-0.2, -0.15) is 0 Å². The number of hydrogen-bond donors (Lipinski definition) is 0. The molecule has 0 aliphatic carbocycles. The van der Waals surface area contributed by atoms with Crippen molar-refractivity contribution in [2.75, 3.05) is 0 Å². The van der Waals surface area contributed by atoms with Crippen LogP contribution in [-0.4, -0.2) is 16.8 Å². The van der Waals surface area contributed by atoms with E-state index in [0.29, 0.717) is 0 Å². The smallest absolute Gasteiger partial charge is 0 e. The van der Waals surface area contributed by atoms with Crippen molar-refractivity contribution in [2.24, 2.45) is 0 Å². The molecule has 6 heteroatoms. The Labute approximate surface area is 116 Å². The minimum Gasteiger partial charge on any atom is 0 e. The fourth-order valence-corrected chi connectivity index (χ4v) is 0. The summed E-state index contributed by atoms with van der Waals surface area (Å²) in [4.78, 5) is 14.0. The van der Waals surface area contributed by atoms with E-state index in [-0.39, 0.29) is 76.1 Å². The molecule has 0 aliphatic rings. The molecule has 0 aromatic rings. The van der Waals surface area contributed by atoms with Crippen LogP contribution in [0.2, 0.25) is 0 Å². The molecular formula is C10H46O5S. The van der Waals surface area contributed by atoms with Crippen LogP contribution >= 0.6 is 12.2 Å². The van der Waals surface area contributed by atoms with E-state index < -0.39 is 0 Å². The molecule has 4 N–H and O–H groups in total. The summed E-state index contributed by atoms with van der Waals surface area (Å²) in [6.45, 7) is 4.50. The van der Waals surface area contributed by atoms with Gasteiger partial charge < -0.3 is 11.0 Å². The summed E-state index contributed by atoms with van der Waals surface area (Å²) in [5.41, 5.74) is 0. The Kier molecular flexibility index (Phi) is 217000. The van der Waals surface area contributed by atoms with E-state index >= 15 is 0 Å². The van der Waals surface area contributed by atoms with E-state index in [1.807, 2.05) is 0 Å². The van der Waals surface area contributed by atoms with Crippen LogP contribution in [0.1, 0.15) is 65.1 Å². The fraction of sp³-hybridized carbons (Fsp3) is 0.800. The average molecular weight is 279 g/mol. The Morgan fingerprint density at radius 1 is 0.688 bits per heavy atom. The molecule has 0 radical (unpaired) electrons. The molecule has 0 heterocycles. The van der Waals surface area contributed by atoms with Gasteiger partial charge in [-0.15, -0.1) is 0 Å². The van der Waals surface area contributed by atoms with Gasteiger partial charge in [0.1, 0.15) is 0 Å². The Bertz CT molecular complexity index is 50.1. The maximum absolute atomic E-state index is 7.50. The molecule has 0 aromatic carbocycles. The van der Waals surface area contributed by atoms with Crippen LogP contribution in [0, 0.1) is 16.6 Å². The molecule has 5 nitrogen and oxygen atoms in total. The minimum atomic E-state index is 0. The maximum atomic E-state index is 7.50. The molecule has 0 fully saturated rings. The van der Waals surface area contributed by atoms with Crippen molar-refractivity contribution in [3.8, 4) is 0 Å². The summed E-state index contributed by atoms with van der Waals surface area (Å²) in [6.07, 6.45) is 0. The quantitative estimate of drug-likeness (QED) is 0.349. The van der Waals surface area contributed by atoms with Gasteiger partial charge in [0.2, 0.25) is 0 Å². The second-order valence-corrected chi connectivity index (χ2v) is 0. The van der Waals surface area contributed by atoms with E-state index in [9.17, 15) is 0 Å². The van der Waals surface area contributed by atoms with Gasteiger partial charge in [0, 0.05) is 15.6 Å². The Morgan fingerprint density at radius 3 is 0.688 bits per heavy atom. The molecule has 122 valence electrons. The van der Waals surface area contributed by atoms with E-state index in [1.54, 1.807) is 0 Å². The third-order valence-electron chi connectivity index (χ3n) is 0. The Balaban J connectivity index is -0.000000000333. The van der Waals surface area contributed by atoms with Crippen LogP contribution in [0.4, 0.5) is 0 Å². The first-order valence-electron chi connectivity index (χ1n) is 0.659. The second-order valence-electron chi connectivity index (χ2n) is 0. The third kappa shape index (κ3) is 4820. The van der Waals surface area contributed by atoms with Crippen LogP contribution in [0.3, 0.4) is 0 Å². The molecule has 0 atom stereocenters. The molecule has 0 rings (SSSR count). The molecule has 0 spiro atoms. The second kappa shape index (κ2) is 6050. The topological polar surface area (TPSA) is 117 Å². The van der Waals surface area contributed by atoms with E-state index in [1.165, 1.54) is 0 Å². The van der Waals surface area contributed by atoms with Gasteiger partial charge in [0.25, 0.3) is 0 Å². The van der Waals surface area contributed by atoms with Crippen molar-refractivity contribution in [3.05, 3.63) is 16.6 Å². The third-order valence-corrected chi connectivity index (χ3v) is 0. The van der Waals surface area contributed by atoms with Gasteiger partial charge in [-0.25, -0.2) is 0 Å². The molecule has 0 unspecified atom stereocenters. The fourth-order valence-electron chi connectivity index (χ4n) is 0. The van der Waals surface area contributed by atoms with Crippen molar-refractivity contribution in [3.63, 3.8) is 0 Å². The molecular weight excluding hydrogens is 232 g/mol. The summed E-state index contributed by atoms with van der Waals surface area (Å²) in [6, 6.07) is 0. The van der Waals surface area contributed by atoms with Crippen molar-refractivity contribution < 1.29 is 21.3 Å². The van der Waals surface area contributed by atoms with E-state index in [0.717, 1.165) is 0 Å². The van der Waals surface area contributed by atoms with Crippen LogP contribution in [0.25, 0.3) is 0 Å². The predicted molar refractivity (Wildman–Crippen MR) is 94.9 cm³/mol. The average Bonchev–Trinajstić information content (AvgIpc) is 1.81.